The number of thiophene rings is 1. The van der Waals surface area contributed by atoms with Gasteiger partial charge in [-0.15, -0.1) is 11.3 Å². The average molecular weight is 275 g/mol. The fraction of sp³-hybridized carbons (Fsp3) is 0.636. The largest absolute Gasteiger partial charge is 0.394 e. The molecule has 2 rings (SSSR count). The van der Waals surface area contributed by atoms with Gasteiger partial charge in [0.1, 0.15) is 9.84 Å². The molecule has 0 unspecified atom stereocenters. The molecule has 1 aliphatic heterocycles. The van der Waals surface area contributed by atoms with Crippen molar-refractivity contribution in [2.24, 2.45) is 0 Å². The first-order valence-electron chi connectivity index (χ1n) is 5.64. The van der Waals surface area contributed by atoms with E-state index in [2.05, 4.69) is 5.32 Å². The number of aliphatic hydroxyl groups is 1. The fourth-order valence-electron chi connectivity index (χ4n) is 2.01. The highest BCUT2D eigenvalue weighted by atomic mass is 32.2. The Morgan fingerprint density at radius 3 is 2.65 bits per heavy atom. The third-order valence-corrected chi connectivity index (χ3v) is 5.83. The smallest absolute Gasteiger partial charge is 0.150 e. The normalized spacial score (nSPS) is 22.4. The molecule has 0 saturated carbocycles. The molecule has 0 aromatic carbocycles. The second-order valence-electron chi connectivity index (χ2n) is 4.52. The molecule has 0 spiro atoms. The molecule has 96 valence electrons. The lowest BCUT2D eigenvalue weighted by molar-refractivity contribution is 0.147. The third-order valence-electron chi connectivity index (χ3n) is 3.30. The van der Waals surface area contributed by atoms with Crippen LogP contribution in [0.5, 0.6) is 0 Å². The van der Waals surface area contributed by atoms with Gasteiger partial charge in [-0.2, -0.15) is 0 Å². The topological polar surface area (TPSA) is 66.4 Å². The standard InChI is InChI=1S/C11H17NO3S2/c13-9-11(3-6-17(14,15)7-4-11)12-8-10-2-1-5-16-10/h1-2,5,12-13H,3-4,6-9H2. The summed E-state index contributed by atoms with van der Waals surface area (Å²) < 4.78 is 22.8. The molecule has 1 saturated heterocycles. The van der Waals surface area contributed by atoms with Crippen LogP contribution in [-0.2, 0) is 16.4 Å². The van der Waals surface area contributed by atoms with Crippen molar-refractivity contribution in [1.82, 2.24) is 5.32 Å². The van der Waals surface area contributed by atoms with Crippen molar-refractivity contribution in [2.75, 3.05) is 18.1 Å². The summed E-state index contributed by atoms with van der Waals surface area (Å²) in [6, 6.07) is 4.01. The van der Waals surface area contributed by atoms with Gasteiger partial charge >= 0.3 is 0 Å². The molecule has 17 heavy (non-hydrogen) atoms. The zero-order chi connectivity index (χ0) is 12.4. The van der Waals surface area contributed by atoms with Crippen LogP contribution in [0.3, 0.4) is 0 Å². The minimum absolute atomic E-state index is 0.00606. The van der Waals surface area contributed by atoms with Gasteiger partial charge in [-0.3, -0.25) is 0 Å². The maximum absolute atomic E-state index is 11.4. The first kappa shape index (κ1) is 13.0. The molecule has 0 amide bonds. The lowest BCUT2D eigenvalue weighted by atomic mass is 9.93. The molecule has 0 bridgehead atoms. The van der Waals surface area contributed by atoms with Crippen molar-refractivity contribution in [3.8, 4) is 0 Å². The van der Waals surface area contributed by atoms with Crippen molar-refractivity contribution < 1.29 is 13.5 Å². The molecular formula is C11H17NO3S2. The van der Waals surface area contributed by atoms with Gasteiger partial charge in [0.15, 0.2) is 0 Å². The predicted octanol–water partition coefficient (Wildman–Crippen LogP) is 0.777. The molecule has 0 atom stereocenters. The molecule has 0 radical (unpaired) electrons. The van der Waals surface area contributed by atoms with E-state index >= 15 is 0 Å². The van der Waals surface area contributed by atoms with E-state index in [1.165, 1.54) is 4.88 Å². The van der Waals surface area contributed by atoms with E-state index in [9.17, 15) is 13.5 Å². The highest BCUT2D eigenvalue weighted by Crippen LogP contribution is 2.24. The van der Waals surface area contributed by atoms with Crippen molar-refractivity contribution in [2.45, 2.75) is 24.9 Å². The Morgan fingerprint density at radius 2 is 2.12 bits per heavy atom. The first-order valence-corrected chi connectivity index (χ1v) is 8.34. The summed E-state index contributed by atoms with van der Waals surface area (Å²) in [6.45, 7) is 0.687. The highest BCUT2D eigenvalue weighted by molar-refractivity contribution is 7.91. The Labute approximate surface area is 106 Å². The lowest BCUT2D eigenvalue weighted by Crippen LogP contribution is -2.53. The summed E-state index contributed by atoms with van der Waals surface area (Å²) in [4.78, 5) is 1.20. The fourth-order valence-corrected chi connectivity index (χ4v) is 4.26. The Morgan fingerprint density at radius 1 is 1.41 bits per heavy atom. The number of rotatable bonds is 4. The average Bonchev–Trinajstić information content (AvgIpc) is 2.82. The highest BCUT2D eigenvalue weighted by Gasteiger charge is 2.36. The monoisotopic (exact) mass is 275 g/mol. The van der Waals surface area contributed by atoms with Crippen LogP contribution in [0.2, 0.25) is 0 Å². The van der Waals surface area contributed by atoms with Crippen LogP contribution in [0.1, 0.15) is 17.7 Å². The van der Waals surface area contributed by atoms with E-state index in [-0.39, 0.29) is 18.1 Å². The van der Waals surface area contributed by atoms with Crippen molar-refractivity contribution in [1.29, 1.82) is 0 Å². The van der Waals surface area contributed by atoms with E-state index < -0.39 is 15.4 Å². The SMILES string of the molecule is O=S1(=O)CCC(CO)(NCc2cccs2)CC1. The first-order chi connectivity index (χ1) is 8.05. The summed E-state index contributed by atoms with van der Waals surface area (Å²) in [5, 5.41) is 14.8. The Bertz CT molecular complexity index is 439. The van der Waals surface area contributed by atoms with Gasteiger partial charge in [0.05, 0.1) is 18.1 Å². The zero-order valence-corrected chi connectivity index (χ0v) is 11.2. The maximum Gasteiger partial charge on any atom is 0.150 e. The predicted molar refractivity (Wildman–Crippen MR) is 68.9 cm³/mol. The molecule has 1 aromatic heterocycles. The molecule has 0 aliphatic carbocycles. The number of aliphatic hydroxyl groups excluding tert-OH is 1. The van der Waals surface area contributed by atoms with Crippen LogP contribution in [-0.4, -0.2) is 37.2 Å². The Kier molecular flexibility index (Phi) is 3.87. The van der Waals surface area contributed by atoms with Crippen LogP contribution < -0.4 is 5.32 Å². The minimum Gasteiger partial charge on any atom is -0.394 e. The number of hydrogen-bond donors (Lipinski definition) is 2. The molecule has 1 aromatic rings. The molecular weight excluding hydrogens is 258 g/mol. The van der Waals surface area contributed by atoms with Crippen LogP contribution in [0.25, 0.3) is 0 Å². The summed E-state index contributed by atoms with van der Waals surface area (Å²) in [7, 11) is -2.88. The number of nitrogens with one attached hydrogen (secondary N) is 1. The van der Waals surface area contributed by atoms with Gasteiger partial charge in [0.25, 0.3) is 0 Å². The van der Waals surface area contributed by atoms with Crippen LogP contribution >= 0.6 is 11.3 Å². The molecule has 1 fully saturated rings. The van der Waals surface area contributed by atoms with Crippen molar-refractivity contribution in [3.05, 3.63) is 22.4 Å². The summed E-state index contributed by atoms with van der Waals surface area (Å²) in [5.41, 5.74) is -0.421. The maximum atomic E-state index is 11.4. The van der Waals surface area contributed by atoms with E-state index in [1.807, 2.05) is 17.5 Å². The molecule has 2 heterocycles. The van der Waals surface area contributed by atoms with Crippen LogP contribution in [0.4, 0.5) is 0 Å². The minimum atomic E-state index is -2.88. The number of sulfone groups is 1. The second kappa shape index (κ2) is 5.06. The second-order valence-corrected chi connectivity index (χ2v) is 7.86. The van der Waals surface area contributed by atoms with Gasteiger partial charge in [0, 0.05) is 17.0 Å². The lowest BCUT2D eigenvalue weighted by Gasteiger charge is -2.36. The molecule has 1 aliphatic rings. The van der Waals surface area contributed by atoms with Crippen LogP contribution in [0, 0.1) is 0 Å². The Balaban J connectivity index is 1.96. The Hall–Kier alpha value is -0.430. The van der Waals surface area contributed by atoms with Gasteiger partial charge < -0.3 is 10.4 Å². The van der Waals surface area contributed by atoms with E-state index in [4.69, 9.17) is 0 Å². The van der Waals surface area contributed by atoms with Crippen molar-refractivity contribution >= 4 is 21.2 Å². The summed E-state index contributed by atoms with van der Waals surface area (Å²) in [6.07, 6.45) is 0.994. The summed E-state index contributed by atoms with van der Waals surface area (Å²) in [5.74, 6) is 0.343. The van der Waals surface area contributed by atoms with Gasteiger partial charge in [0.2, 0.25) is 0 Å². The molecule has 4 nitrogen and oxygen atoms in total. The van der Waals surface area contributed by atoms with Gasteiger partial charge in [-0.25, -0.2) is 8.42 Å². The quantitative estimate of drug-likeness (QED) is 0.852. The third kappa shape index (κ3) is 3.28. The van der Waals surface area contributed by atoms with E-state index in [0.717, 1.165) is 0 Å². The zero-order valence-electron chi connectivity index (χ0n) is 9.55. The van der Waals surface area contributed by atoms with E-state index in [0.29, 0.717) is 19.4 Å². The summed E-state index contributed by atoms with van der Waals surface area (Å²) >= 11 is 1.66. The molecule has 2 N–H and O–H groups in total. The van der Waals surface area contributed by atoms with Crippen LogP contribution in [0.15, 0.2) is 17.5 Å². The van der Waals surface area contributed by atoms with Gasteiger partial charge in [-0.1, -0.05) is 6.07 Å². The van der Waals surface area contributed by atoms with E-state index in [1.54, 1.807) is 11.3 Å². The van der Waals surface area contributed by atoms with Crippen molar-refractivity contribution in [3.63, 3.8) is 0 Å². The number of hydrogen-bond acceptors (Lipinski definition) is 5. The van der Waals surface area contributed by atoms with Gasteiger partial charge in [-0.05, 0) is 24.3 Å². The molecule has 6 heteroatoms.